The van der Waals surface area contributed by atoms with Crippen LogP contribution >= 0.6 is 0 Å². The molecule has 1 aliphatic rings. The first-order valence-corrected chi connectivity index (χ1v) is 6.34. The third-order valence-corrected chi connectivity index (χ3v) is 3.79. The molecule has 2 heterocycles. The van der Waals surface area contributed by atoms with Crippen LogP contribution in [0, 0.1) is 0 Å². The van der Waals surface area contributed by atoms with Crippen LogP contribution in [0.4, 0.5) is 0 Å². The van der Waals surface area contributed by atoms with Gasteiger partial charge in [-0.3, -0.25) is 4.79 Å². The van der Waals surface area contributed by atoms with E-state index >= 15 is 0 Å². The largest absolute Gasteiger partial charge is 0.307 e. The molecule has 0 amide bonds. The van der Waals surface area contributed by atoms with Gasteiger partial charge in [-0.05, 0) is 37.0 Å². The molecule has 4 rings (SSSR count). The lowest BCUT2D eigenvalue weighted by Crippen LogP contribution is -1.98. The number of aromatic nitrogens is 3. The van der Waals surface area contributed by atoms with E-state index in [1.165, 1.54) is 0 Å². The molecule has 0 aliphatic heterocycles. The Bertz CT molecular complexity index is 766. The molecule has 2 N–H and O–H groups in total. The smallest absolute Gasteiger partial charge is 0.181 e. The maximum Gasteiger partial charge on any atom is 0.181 e. The monoisotopic (exact) mass is 239 g/mol. The Kier molecular flexibility index (Phi) is 1.89. The zero-order valence-electron chi connectivity index (χ0n) is 9.92. The second-order valence-electron chi connectivity index (χ2n) is 4.94. The van der Waals surface area contributed by atoms with E-state index in [2.05, 4.69) is 21.2 Å². The molecule has 0 saturated heterocycles. The highest BCUT2D eigenvalue weighted by Crippen LogP contribution is 2.30. The van der Waals surface area contributed by atoms with Crippen molar-refractivity contribution < 1.29 is 4.79 Å². The van der Waals surface area contributed by atoms with Gasteiger partial charge in [-0.1, -0.05) is 0 Å². The van der Waals surface area contributed by atoms with Gasteiger partial charge in [-0.2, -0.15) is 0 Å². The van der Waals surface area contributed by atoms with Crippen molar-refractivity contribution in [1.82, 2.24) is 15.2 Å². The number of H-pyrrole nitrogens is 2. The summed E-state index contributed by atoms with van der Waals surface area (Å²) in [6.45, 7) is 0. The number of fused-ring (bicyclic) bond motifs is 4. The number of nitrogens with zero attached hydrogens (tertiary/aromatic N) is 1. The van der Waals surface area contributed by atoms with Crippen LogP contribution in [0.5, 0.6) is 0 Å². The average molecular weight is 239 g/mol. The minimum Gasteiger partial charge on any atom is -0.307 e. The van der Waals surface area contributed by atoms with Crippen LogP contribution in [0.1, 0.15) is 35.3 Å². The fourth-order valence-corrected chi connectivity index (χ4v) is 2.86. The van der Waals surface area contributed by atoms with Crippen LogP contribution < -0.4 is 0 Å². The highest BCUT2D eigenvalue weighted by Gasteiger charge is 2.21. The summed E-state index contributed by atoms with van der Waals surface area (Å²) in [6.07, 6.45) is 5.58. The molecule has 0 bridgehead atoms. The Labute approximate surface area is 103 Å². The van der Waals surface area contributed by atoms with Gasteiger partial charge >= 0.3 is 0 Å². The summed E-state index contributed by atoms with van der Waals surface area (Å²) >= 11 is 0. The number of hydrogen-bond donors (Lipinski definition) is 2. The zero-order valence-corrected chi connectivity index (χ0v) is 9.92. The molecule has 0 fully saturated rings. The van der Waals surface area contributed by atoms with Gasteiger partial charge in [0.1, 0.15) is 5.69 Å². The van der Waals surface area contributed by atoms with Crippen LogP contribution in [-0.4, -0.2) is 21.0 Å². The lowest BCUT2D eigenvalue weighted by atomic mass is 10.1. The summed E-state index contributed by atoms with van der Waals surface area (Å²) in [5.41, 5.74) is 3.85. The van der Waals surface area contributed by atoms with E-state index in [9.17, 15) is 4.79 Å². The SMILES string of the molecule is O=C1CCCCc2c1nc1cc3c[nH][nH]c3cc21. The van der Waals surface area contributed by atoms with Gasteiger partial charge in [-0.15, -0.1) is 0 Å². The fourth-order valence-electron chi connectivity index (χ4n) is 2.86. The van der Waals surface area contributed by atoms with E-state index in [0.29, 0.717) is 12.1 Å². The number of ketones is 1. The standard InChI is InChI=1S/C14H13N3O/c18-13-4-2-1-3-9-10-6-11-8(7-15-17-11)5-12(10)16-14(9)13/h5-7,15,17H,1-4H2. The highest BCUT2D eigenvalue weighted by atomic mass is 16.1. The maximum absolute atomic E-state index is 12.0. The summed E-state index contributed by atoms with van der Waals surface area (Å²) in [5.74, 6) is 0.203. The lowest BCUT2D eigenvalue weighted by molar-refractivity contribution is 0.0978. The molecule has 0 saturated carbocycles. The van der Waals surface area contributed by atoms with Gasteiger partial charge in [0.2, 0.25) is 0 Å². The predicted molar refractivity (Wildman–Crippen MR) is 69.8 cm³/mol. The van der Waals surface area contributed by atoms with Crippen molar-refractivity contribution in [2.24, 2.45) is 0 Å². The Morgan fingerprint density at radius 1 is 1.17 bits per heavy atom. The molecular formula is C14H13N3O. The van der Waals surface area contributed by atoms with Gasteiger partial charge in [-0.25, -0.2) is 4.98 Å². The molecule has 0 atom stereocenters. The number of carbonyl (C=O) groups excluding carboxylic acids is 1. The minimum absolute atomic E-state index is 0.203. The number of aromatic amines is 2. The number of rotatable bonds is 0. The number of benzene rings is 1. The first-order valence-electron chi connectivity index (χ1n) is 6.34. The summed E-state index contributed by atoms with van der Waals surface area (Å²) in [5, 5.41) is 8.31. The molecule has 0 radical (unpaired) electrons. The normalized spacial score (nSPS) is 16.1. The first kappa shape index (κ1) is 9.88. The van der Waals surface area contributed by atoms with Crippen molar-refractivity contribution in [1.29, 1.82) is 0 Å². The molecule has 3 aromatic rings. The van der Waals surface area contributed by atoms with Crippen molar-refractivity contribution in [3.63, 3.8) is 0 Å². The Balaban J connectivity index is 2.08. The van der Waals surface area contributed by atoms with Gasteiger partial charge < -0.3 is 10.2 Å². The molecule has 90 valence electrons. The molecule has 18 heavy (non-hydrogen) atoms. The first-order chi connectivity index (χ1) is 8.83. The van der Waals surface area contributed by atoms with Crippen LogP contribution in [0.2, 0.25) is 0 Å². The molecule has 4 nitrogen and oxygen atoms in total. The van der Waals surface area contributed by atoms with Crippen LogP contribution in [-0.2, 0) is 6.42 Å². The fraction of sp³-hybridized carbons (Fsp3) is 0.286. The quantitative estimate of drug-likeness (QED) is 0.592. The lowest BCUT2D eigenvalue weighted by Gasteiger charge is -1.97. The van der Waals surface area contributed by atoms with Gasteiger partial charge in [0.25, 0.3) is 0 Å². The zero-order chi connectivity index (χ0) is 12.1. The van der Waals surface area contributed by atoms with Crippen molar-refractivity contribution >= 4 is 27.6 Å². The molecule has 0 unspecified atom stereocenters. The van der Waals surface area contributed by atoms with E-state index in [1.54, 1.807) is 0 Å². The molecule has 1 aromatic carbocycles. The van der Waals surface area contributed by atoms with Crippen LogP contribution in [0.3, 0.4) is 0 Å². The van der Waals surface area contributed by atoms with Gasteiger partial charge in [0.05, 0.1) is 11.0 Å². The Morgan fingerprint density at radius 3 is 3.00 bits per heavy atom. The van der Waals surface area contributed by atoms with Crippen molar-refractivity contribution in [3.8, 4) is 0 Å². The number of nitrogens with one attached hydrogen (secondary N) is 2. The summed E-state index contributed by atoms with van der Waals surface area (Å²) < 4.78 is 0. The number of Topliss-reactive ketones (excluding diaryl/α,β-unsaturated/α-hetero) is 1. The molecule has 0 spiro atoms. The highest BCUT2D eigenvalue weighted by molar-refractivity contribution is 6.05. The maximum atomic E-state index is 12.0. The van der Waals surface area contributed by atoms with Crippen molar-refractivity contribution in [2.45, 2.75) is 25.7 Å². The van der Waals surface area contributed by atoms with E-state index in [4.69, 9.17) is 0 Å². The Hall–Kier alpha value is -2.10. The average Bonchev–Trinajstić information content (AvgIpc) is 2.91. The van der Waals surface area contributed by atoms with Gasteiger partial charge in [0, 0.05) is 23.4 Å². The summed E-state index contributed by atoms with van der Waals surface area (Å²) in [6, 6.07) is 4.14. The molecule has 1 aliphatic carbocycles. The number of carbonyl (C=O) groups is 1. The summed E-state index contributed by atoms with van der Waals surface area (Å²) in [4.78, 5) is 16.6. The van der Waals surface area contributed by atoms with Crippen LogP contribution in [0.25, 0.3) is 21.8 Å². The van der Waals surface area contributed by atoms with Crippen molar-refractivity contribution in [3.05, 3.63) is 29.6 Å². The number of hydrogen-bond acceptors (Lipinski definition) is 2. The van der Waals surface area contributed by atoms with E-state index in [0.717, 1.165) is 46.6 Å². The van der Waals surface area contributed by atoms with E-state index in [1.807, 2.05) is 12.3 Å². The van der Waals surface area contributed by atoms with Crippen molar-refractivity contribution in [2.75, 3.05) is 0 Å². The summed E-state index contributed by atoms with van der Waals surface area (Å²) in [7, 11) is 0. The second-order valence-corrected chi connectivity index (χ2v) is 4.94. The molecular weight excluding hydrogens is 226 g/mol. The van der Waals surface area contributed by atoms with Gasteiger partial charge in [0.15, 0.2) is 5.78 Å². The molecule has 2 aromatic heterocycles. The Morgan fingerprint density at radius 2 is 2.06 bits per heavy atom. The van der Waals surface area contributed by atoms with E-state index < -0.39 is 0 Å². The van der Waals surface area contributed by atoms with Crippen LogP contribution in [0.15, 0.2) is 18.3 Å². The number of aryl methyl sites for hydroxylation is 1. The molecule has 4 heteroatoms. The topological polar surface area (TPSA) is 61.5 Å². The second kappa shape index (κ2) is 3.45. The minimum atomic E-state index is 0.203. The van der Waals surface area contributed by atoms with E-state index in [-0.39, 0.29) is 5.78 Å². The third-order valence-electron chi connectivity index (χ3n) is 3.79. The third kappa shape index (κ3) is 1.26. The predicted octanol–water partition coefficient (Wildman–Crippen LogP) is 2.95.